The Morgan fingerprint density at radius 3 is 3.09 bits per heavy atom. The van der Waals surface area contributed by atoms with Gasteiger partial charge < -0.3 is 15.4 Å². The summed E-state index contributed by atoms with van der Waals surface area (Å²) in [5.41, 5.74) is 4.42. The number of fused-ring (bicyclic) bond motifs is 5. The van der Waals surface area contributed by atoms with Crippen molar-refractivity contribution in [2.45, 2.75) is 82.0 Å². The van der Waals surface area contributed by atoms with Crippen molar-refractivity contribution in [2.24, 2.45) is 5.92 Å². The molecule has 4 aliphatic heterocycles. The molecule has 34 heavy (non-hydrogen) atoms. The van der Waals surface area contributed by atoms with Crippen LogP contribution in [0.3, 0.4) is 0 Å². The summed E-state index contributed by atoms with van der Waals surface area (Å²) in [5.74, 6) is 3.19. The van der Waals surface area contributed by atoms with Gasteiger partial charge in [-0.25, -0.2) is 4.98 Å². The Hall–Kier alpha value is -2.60. The molecule has 6 atom stereocenters. The molecule has 178 valence electrons. The highest BCUT2D eigenvalue weighted by Gasteiger charge is 2.46. The number of benzene rings is 1. The predicted octanol–water partition coefficient (Wildman–Crippen LogP) is 3.90. The number of pyridine rings is 1. The second-order valence-corrected chi connectivity index (χ2v) is 11.1. The molecule has 0 bridgehead atoms. The van der Waals surface area contributed by atoms with Crippen molar-refractivity contribution in [3.63, 3.8) is 0 Å². The quantitative estimate of drug-likeness (QED) is 0.711. The molecule has 6 nitrogen and oxygen atoms in total. The highest BCUT2D eigenvalue weighted by molar-refractivity contribution is 5.94. The largest absolute Gasteiger partial charge is 0.491 e. The van der Waals surface area contributed by atoms with Gasteiger partial charge in [-0.05, 0) is 85.6 Å². The minimum Gasteiger partial charge on any atom is -0.491 e. The first-order valence-corrected chi connectivity index (χ1v) is 13.2. The summed E-state index contributed by atoms with van der Waals surface area (Å²) in [6.07, 6.45) is 10.2. The van der Waals surface area contributed by atoms with Gasteiger partial charge in [0.05, 0.1) is 11.6 Å². The van der Waals surface area contributed by atoms with Crippen LogP contribution < -0.4 is 15.4 Å². The third-order valence-corrected chi connectivity index (χ3v) is 8.99. The van der Waals surface area contributed by atoms with Crippen LogP contribution in [-0.2, 0) is 12.8 Å². The van der Waals surface area contributed by atoms with Gasteiger partial charge in [0, 0.05) is 30.9 Å². The highest BCUT2D eigenvalue weighted by Crippen LogP contribution is 2.52. The number of nitrogens with zero attached hydrogens (tertiary/aromatic N) is 2. The Kier molecular flexibility index (Phi) is 4.87. The van der Waals surface area contributed by atoms with Gasteiger partial charge in [0.15, 0.2) is 0 Å². The zero-order chi connectivity index (χ0) is 22.8. The number of ether oxygens (including phenoxy) is 1. The molecule has 0 spiro atoms. The van der Waals surface area contributed by atoms with Crippen molar-refractivity contribution < 1.29 is 9.53 Å². The van der Waals surface area contributed by atoms with Crippen LogP contribution in [0, 0.1) is 5.92 Å². The average Bonchev–Trinajstić information content (AvgIpc) is 3.58. The first-order chi connectivity index (χ1) is 16.7. The van der Waals surface area contributed by atoms with Gasteiger partial charge in [0.25, 0.3) is 5.91 Å². The second-order valence-electron chi connectivity index (χ2n) is 11.1. The molecular weight excluding hydrogens is 424 g/mol. The number of hydrogen-bond donors (Lipinski definition) is 2. The van der Waals surface area contributed by atoms with E-state index in [0.29, 0.717) is 24.1 Å². The van der Waals surface area contributed by atoms with Crippen LogP contribution >= 0.6 is 0 Å². The number of nitrogens with one attached hydrogen (secondary N) is 2. The molecule has 5 heterocycles. The van der Waals surface area contributed by atoms with E-state index in [2.05, 4.69) is 45.6 Å². The van der Waals surface area contributed by atoms with E-state index in [1.807, 2.05) is 6.07 Å². The average molecular weight is 459 g/mol. The summed E-state index contributed by atoms with van der Waals surface area (Å²) in [7, 11) is 0. The minimum absolute atomic E-state index is 0.0176. The lowest BCUT2D eigenvalue weighted by atomic mass is 9.88. The van der Waals surface area contributed by atoms with Crippen molar-refractivity contribution in [1.29, 1.82) is 0 Å². The Labute approximate surface area is 201 Å². The lowest BCUT2D eigenvalue weighted by Gasteiger charge is -2.48. The van der Waals surface area contributed by atoms with E-state index in [-0.39, 0.29) is 11.9 Å². The lowest BCUT2D eigenvalue weighted by Crippen LogP contribution is -2.56. The molecule has 2 saturated heterocycles. The SMILES string of the molecule is CCC1CCC2CC(Cc3ccc4c(c3)OC[C@H](NC(=O)c3cnc5c(c3)[C@H]3C[C@H]3CN5)C4)N12. The topological polar surface area (TPSA) is 66.5 Å². The molecule has 1 saturated carbocycles. The van der Waals surface area contributed by atoms with E-state index >= 15 is 0 Å². The van der Waals surface area contributed by atoms with E-state index in [1.54, 1.807) is 6.20 Å². The maximum atomic E-state index is 13.0. The number of rotatable bonds is 5. The van der Waals surface area contributed by atoms with Gasteiger partial charge in [-0.3, -0.25) is 9.69 Å². The molecule has 0 radical (unpaired) electrons. The number of amides is 1. The van der Waals surface area contributed by atoms with Crippen LogP contribution in [0.2, 0.25) is 0 Å². The number of hydrogen-bond acceptors (Lipinski definition) is 5. The van der Waals surface area contributed by atoms with E-state index in [1.165, 1.54) is 48.8 Å². The fraction of sp³-hybridized carbons (Fsp3) is 0.571. The van der Waals surface area contributed by atoms with Gasteiger partial charge in [-0.15, -0.1) is 0 Å². The molecule has 3 unspecified atom stereocenters. The van der Waals surface area contributed by atoms with Crippen LogP contribution in [0.5, 0.6) is 5.75 Å². The van der Waals surface area contributed by atoms with Gasteiger partial charge in [-0.2, -0.15) is 0 Å². The Morgan fingerprint density at radius 2 is 2.18 bits per heavy atom. The molecule has 2 N–H and O–H groups in total. The second kappa shape index (κ2) is 7.98. The maximum Gasteiger partial charge on any atom is 0.253 e. The molecule has 5 aliphatic rings. The third-order valence-electron chi connectivity index (χ3n) is 8.99. The Balaban J connectivity index is 0.989. The molecule has 1 amide bonds. The van der Waals surface area contributed by atoms with Crippen LogP contribution in [0.4, 0.5) is 5.82 Å². The van der Waals surface area contributed by atoms with Gasteiger partial charge in [0.2, 0.25) is 0 Å². The predicted molar refractivity (Wildman–Crippen MR) is 132 cm³/mol. The van der Waals surface area contributed by atoms with E-state index in [4.69, 9.17) is 4.74 Å². The molecule has 1 aromatic carbocycles. The normalized spacial score (nSPS) is 32.7. The standard InChI is InChI=1S/C28H34N4O2/c1-2-21-5-6-22-12-23(32(21)22)7-16-3-4-17-9-20(15-34-26(17)8-16)31-28(33)19-11-25-24-10-18(24)13-29-27(25)30-14-19/h3-4,8,11,14,18,20-24H,2,5-7,9-10,12-13,15H2,1H3,(H,29,30)(H,31,33)/t18-,20+,21?,22?,23?,24-/m0/s1. The monoisotopic (exact) mass is 458 g/mol. The van der Waals surface area contributed by atoms with Crippen molar-refractivity contribution >= 4 is 11.7 Å². The van der Waals surface area contributed by atoms with E-state index < -0.39 is 0 Å². The summed E-state index contributed by atoms with van der Waals surface area (Å²) in [6.45, 7) is 3.85. The van der Waals surface area contributed by atoms with Crippen molar-refractivity contribution in [3.05, 3.63) is 52.7 Å². The molecule has 3 fully saturated rings. The zero-order valence-electron chi connectivity index (χ0n) is 19.9. The van der Waals surface area contributed by atoms with Crippen molar-refractivity contribution in [2.75, 3.05) is 18.5 Å². The fourth-order valence-electron chi connectivity index (χ4n) is 7.01. The molecular formula is C28H34N4O2. The van der Waals surface area contributed by atoms with Crippen molar-refractivity contribution in [3.8, 4) is 5.75 Å². The fourth-order valence-corrected chi connectivity index (χ4v) is 7.01. The Morgan fingerprint density at radius 1 is 1.24 bits per heavy atom. The van der Waals surface area contributed by atoms with Gasteiger partial charge in [0.1, 0.15) is 18.2 Å². The van der Waals surface area contributed by atoms with Crippen LogP contribution in [-0.4, -0.2) is 53.1 Å². The van der Waals surface area contributed by atoms with E-state index in [0.717, 1.165) is 49.0 Å². The lowest BCUT2D eigenvalue weighted by molar-refractivity contribution is 0.0175. The van der Waals surface area contributed by atoms with Crippen LogP contribution in [0.25, 0.3) is 0 Å². The summed E-state index contributed by atoms with van der Waals surface area (Å²) in [4.78, 5) is 20.2. The molecule has 1 aromatic heterocycles. The minimum atomic E-state index is -0.0534. The summed E-state index contributed by atoms with van der Waals surface area (Å²) < 4.78 is 6.14. The number of aromatic nitrogens is 1. The smallest absolute Gasteiger partial charge is 0.253 e. The molecule has 6 heteroatoms. The first-order valence-electron chi connectivity index (χ1n) is 13.2. The summed E-state index contributed by atoms with van der Waals surface area (Å²) in [6, 6.07) is 11.0. The Bertz CT molecular complexity index is 1130. The highest BCUT2D eigenvalue weighted by atomic mass is 16.5. The van der Waals surface area contributed by atoms with Crippen molar-refractivity contribution in [1.82, 2.24) is 15.2 Å². The van der Waals surface area contributed by atoms with Gasteiger partial charge >= 0.3 is 0 Å². The summed E-state index contributed by atoms with van der Waals surface area (Å²) in [5, 5.41) is 6.57. The van der Waals surface area contributed by atoms with E-state index in [9.17, 15) is 4.79 Å². The van der Waals surface area contributed by atoms with Crippen LogP contribution in [0.15, 0.2) is 30.5 Å². The first kappa shape index (κ1) is 20.7. The van der Waals surface area contributed by atoms with Crippen LogP contribution in [0.1, 0.15) is 72.0 Å². The van der Waals surface area contributed by atoms with Gasteiger partial charge in [-0.1, -0.05) is 19.1 Å². The zero-order valence-corrected chi connectivity index (χ0v) is 19.9. The third kappa shape index (κ3) is 3.49. The summed E-state index contributed by atoms with van der Waals surface area (Å²) >= 11 is 0. The molecule has 2 aromatic rings. The number of anilines is 1. The molecule has 7 rings (SSSR count). The molecule has 1 aliphatic carbocycles. The number of carbonyl (C=O) groups excluding carboxylic acids is 1. The number of carbonyl (C=O) groups is 1. The maximum absolute atomic E-state index is 13.0.